The van der Waals surface area contributed by atoms with Crippen molar-refractivity contribution in [1.82, 2.24) is 4.57 Å². The number of benzene rings is 1. The summed E-state index contributed by atoms with van der Waals surface area (Å²) in [7, 11) is 0. The third-order valence-corrected chi connectivity index (χ3v) is 2.98. The lowest BCUT2D eigenvalue weighted by atomic mass is 10.2. The van der Waals surface area contributed by atoms with Crippen LogP contribution in [0.15, 0.2) is 35.9 Å². The van der Waals surface area contributed by atoms with Crippen molar-refractivity contribution in [2.75, 3.05) is 0 Å². The summed E-state index contributed by atoms with van der Waals surface area (Å²) >= 11 is 4.52. The molecule has 0 aliphatic heterocycles. The Morgan fingerprint density at radius 3 is 2.79 bits per heavy atom. The van der Waals surface area contributed by atoms with Gasteiger partial charge in [-0.3, -0.25) is 0 Å². The van der Waals surface area contributed by atoms with E-state index in [0.717, 1.165) is 17.1 Å². The third kappa shape index (κ3) is 1.18. The van der Waals surface area contributed by atoms with E-state index in [1.165, 1.54) is 10.9 Å². The summed E-state index contributed by atoms with van der Waals surface area (Å²) < 4.78 is 2.19. The number of hydrogen-bond donors (Lipinski definition) is 1. The number of aromatic nitrogens is 1. The molecular weight excluding hydrogens is 190 g/mol. The topological polar surface area (TPSA) is 4.93 Å². The Balaban J connectivity index is 2.91. The summed E-state index contributed by atoms with van der Waals surface area (Å²) in [5.74, 6) is 0. The Morgan fingerprint density at radius 2 is 2.14 bits per heavy atom. The van der Waals surface area contributed by atoms with Crippen LogP contribution in [0.1, 0.15) is 12.5 Å². The molecule has 0 radical (unpaired) electrons. The van der Waals surface area contributed by atoms with Crippen LogP contribution in [0.5, 0.6) is 0 Å². The summed E-state index contributed by atoms with van der Waals surface area (Å²) in [5.41, 5.74) is 2.36. The largest absolute Gasteiger partial charge is 0.336 e. The van der Waals surface area contributed by atoms with Gasteiger partial charge in [-0.05, 0) is 13.0 Å². The van der Waals surface area contributed by atoms with Crippen LogP contribution in [0.2, 0.25) is 0 Å². The molecule has 1 nitrogen and oxygen atoms in total. The van der Waals surface area contributed by atoms with Gasteiger partial charge >= 0.3 is 0 Å². The summed E-state index contributed by atoms with van der Waals surface area (Å²) in [5, 5.41) is 2.23. The number of fused-ring (bicyclic) bond motifs is 1. The first kappa shape index (κ1) is 9.41. The van der Waals surface area contributed by atoms with Gasteiger partial charge in [-0.2, -0.15) is 0 Å². The molecule has 0 atom stereocenters. The highest BCUT2D eigenvalue weighted by atomic mass is 32.1. The Bertz CT molecular complexity index is 482. The molecule has 1 aromatic carbocycles. The minimum Gasteiger partial charge on any atom is -0.336 e. The first-order valence-electron chi connectivity index (χ1n) is 4.72. The van der Waals surface area contributed by atoms with Gasteiger partial charge in [-0.25, -0.2) is 0 Å². The molecule has 0 aliphatic rings. The van der Waals surface area contributed by atoms with E-state index in [2.05, 4.69) is 48.9 Å². The number of hydrogen-bond acceptors (Lipinski definition) is 1. The van der Waals surface area contributed by atoms with E-state index in [1.807, 2.05) is 12.1 Å². The lowest BCUT2D eigenvalue weighted by Gasteiger charge is -2.02. The molecule has 1 heterocycles. The normalized spacial score (nSPS) is 10.7. The second kappa shape index (κ2) is 3.54. The molecule has 0 bridgehead atoms. The van der Waals surface area contributed by atoms with Crippen LogP contribution >= 0.6 is 12.6 Å². The quantitative estimate of drug-likeness (QED) is 0.712. The van der Waals surface area contributed by atoms with E-state index < -0.39 is 0 Å². The average Bonchev–Trinajstić information content (AvgIpc) is 2.49. The molecule has 0 saturated heterocycles. The fourth-order valence-corrected chi connectivity index (χ4v) is 2.30. The van der Waals surface area contributed by atoms with E-state index in [9.17, 15) is 0 Å². The smallest absolute Gasteiger partial charge is 0.0801 e. The highest BCUT2D eigenvalue weighted by molar-refractivity contribution is 7.80. The number of thiol groups is 1. The number of rotatable bonds is 2. The van der Waals surface area contributed by atoms with Crippen LogP contribution in [0.4, 0.5) is 0 Å². The SMILES string of the molecule is C=Cc1c(S)n(CC)c2ccccc12. The summed E-state index contributed by atoms with van der Waals surface area (Å²) in [6, 6.07) is 8.32. The Kier molecular flexibility index (Phi) is 2.38. The summed E-state index contributed by atoms with van der Waals surface area (Å²) in [4.78, 5) is 0. The number of aryl methyl sites for hydroxylation is 1. The first-order valence-corrected chi connectivity index (χ1v) is 5.17. The third-order valence-electron chi connectivity index (χ3n) is 2.50. The molecule has 72 valence electrons. The zero-order valence-corrected chi connectivity index (χ0v) is 9.09. The number of para-hydroxylation sites is 1. The van der Waals surface area contributed by atoms with Gasteiger partial charge in [0.05, 0.1) is 5.03 Å². The molecule has 2 heteroatoms. The highest BCUT2D eigenvalue weighted by Crippen LogP contribution is 2.29. The minimum atomic E-state index is 0.938. The van der Waals surface area contributed by atoms with Gasteiger partial charge in [0.2, 0.25) is 0 Å². The van der Waals surface area contributed by atoms with Gasteiger partial charge in [0.1, 0.15) is 0 Å². The van der Waals surface area contributed by atoms with Crippen LogP contribution in [0.3, 0.4) is 0 Å². The average molecular weight is 203 g/mol. The van der Waals surface area contributed by atoms with E-state index in [0.29, 0.717) is 0 Å². The maximum Gasteiger partial charge on any atom is 0.0801 e. The first-order chi connectivity index (χ1) is 6.79. The Labute approximate surface area is 89.5 Å². The second-order valence-electron chi connectivity index (χ2n) is 3.20. The molecule has 0 saturated carbocycles. The Hall–Kier alpha value is -1.15. The molecule has 0 amide bonds. The molecular formula is C12H13NS. The van der Waals surface area contributed by atoms with Gasteiger partial charge < -0.3 is 4.57 Å². The van der Waals surface area contributed by atoms with Crippen molar-refractivity contribution < 1.29 is 0 Å². The van der Waals surface area contributed by atoms with Crippen LogP contribution in [-0.4, -0.2) is 4.57 Å². The van der Waals surface area contributed by atoms with Crippen LogP contribution in [-0.2, 0) is 6.54 Å². The molecule has 2 rings (SSSR count). The lowest BCUT2D eigenvalue weighted by Crippen LogP contribution is -1.93. The highest BCUT2D eigenvalue weighted by Gasteiger charge is 2.09. The molecule has 0 fully saturated rings. The summed E-state index contributed by atoms with van der Waals surface area (Å²) in [6.07, 6.45) is 1.87. The van der Waals surface area contributed by atoms with Crippen molar-refractivity contribution >= 4 is 29.6 Å². The van der Waals surface area contributed by atoms with Crippen molar-refractivity contribution in [2.45, 2.75) is 18.5 Å². The van der Waals surface area contributed by atoms with Crippen LogP contribution in [0.25, 0.3) is 17.0 Å². The van der Waals surface area contributed by atoms with Crippen molar-refractivity contribution in [1.29, 1.82) is 0 Å². The maximum absolute atomic E-state index is 4.52. The second-order valence-corrected chi connectivity index (χ2v) is 3.63. The van der Waals surface area contributed by atoms with Crippen LogP contribution < -0.4 is 0 Å². The van der Waals surface area contributed by atoms with Crippen LogP contribution in [0, 0.1) is 0 Å². The zero-order chi connectivity index (χ0) is 10.1. The Morgan fingerprint density at radius 1 is 1.43 bits per heavy atom. The number of nitrogens with zero attached hydrogens (tertiary/aromatic N) is 1. The molecule has 0 aliphatic carbocycles. The maximum atomic E-state index is 4.52. The van der Waals surface area contributed by atoms with E-state index in [-0.39, 0.29) is 0 Å². The fraction of sp³-hybridized carbons (Fsp3) is 0.167. The van der Waals surface area contributed by atoms with Gasteiger partial charge in [0, 0.05) is 23.0 Å². The molecule has 0 N–H and O–H groups in total. The minimum absolute atomic E-state index is 0.938. The molecule has 1 aromatic heterocycles. The fourth-order valence-electron chi connectivity index (χ4n) is 1.84. The molecule has 0 unspecified atom stereocenters. The summed E-state index contributed by atoms with van der Waals surface area (Å²) in [6.45, 7) is 6.89. The van der Waals surface area contributed by atoms with Crippen molar-refractivity contribution in [3.8, 4) is 0 Å². The zero-order valence-electron chi connectivity index (χ0n) is 8.20. The van der Waals surface area contributed by atoms with Gasteiger partial charge in [-0.15, -0.1) is 12.6 Å². The molecule has 0 spiro atoms. The van der Waals surface area contributed by atoms with Crippen molar-refractivity contribution in [2.24, 2.45) is 0 Å². The van der Waals surface area contributed by atoms with Crippen molar-refractivity contribution in [3.05, 3.63) is 36.4 Å². The lowest BCUT2D eigenvalue weighted by molar-refractivity contribution is 0.730. The molecule has 14 heavy (non-hydrogen) atoms. The van der Waals surface area contributed by atoms with Gasteiger partial charge in [-0.1, -0.05) is 30.9 Å². The molecule has 2 aromatic rings. The monoisotopic (exact) mass is 203 g/mol. The van der Waals surface area contributed by atoms with Crippen molar-refractivity contribution in [3.63, 3.8) is 0 Å². The van der Waals surface area contributed by atoms with E-state index >= 15 is 0 Å². The standard InChI is InChI=1S/C12H13NS/c1-3-9-10-7-5-6-8-11(10)13(4-2)12(9)14/h3,5-8,14H,1,4H2,2H3. The van der Waals surface area contributed by atoms with Gasteiger partial charge in [0.25, 0.3) is 0 Å². The van der Waals surface area contributed by atoms with E-state index in [1.54, 1.807) is 0 Å². The predicted octanol–water partition coefficient (Wildman–Crippen LogP) is 3.59. The van der Waals surface area contributed by atoms with Gasteiger partial charge in [0.15, 0.2) is 0 Å². The predicted molar refractivity (Wildman–Crippen MR) is 65.0 cm³/mol. The van der Waals surface area contributed by atoms with E-state index in [4.69, 9.17) is 0 Å².